The predicted octanol–water partition coefficient (Wildman–Crippen LogP) is 4.47. The Balaban J connectivity index is 2.65. The molecule has 0 aliphatic rings. The van der Waals surface area contributed by atoms with E-state index < -0.39 is 24.6 Å². The number of alkyl halides is 3. The Hall–Kier alpha value is -0.370. The van der Waals surface area contributed by atoms with E-state index in [9.17, 15) is 17.6 Å². The van der Waals surface area contributed by atoms with Crippen LogP contribution in [0.5, 0.6) is 0 Å². The van der Waals surface area contributed by atoms with Gasteiger partial charge in [0.15, 0.2) is 0 Å². The van der Waals surface area contributed by atoms with Crippen LogP contribution >= 0.6 is 27.5 Å². The van der Waals surface area contributed by atoms with Crippen molar-refractivity contribution in [1.29, 1.82) is 0 Å². The van der Waals surface area contributed by atoms with Crippen molar-refractivity contribution in [3.8, 4) is 0 Å². The van der Waals surface area contributed by atoms with Crippen molar-refractivity contribution in [2.75, 3.05) is 20.3 Å². The Morgan fingerprint density at radius 2 is 2.05 bits per heavy atom. The summed E-state index contributed by atoms with van der Waals surface area (Å²) in [4.78, 5) is 0. The Kier molecular flexibility index (Phi) is 6.71. The molecule has 0 radical (unpaired) electrons. The first-order chi connectivity index (χ1) is 9.24. The highest BCUT2D eigenvalue weighted by Gasteiger charge is 2.27. The summed E-state index contributed by atoms with van der Waals surface area (Å²) in [5, 5.41) is 3.16. The lowest BCUT2D eigenvalue weighted by molar-refractivity contribution is -0.174. The molecule has 1 atom stereocenters. The van der Waals surface area contributed by atoms with Crippen molar-refractivity contribution in [1.82, 2.24) is 5.32 Å². The topological polar surface area (TPSA) is 21.3 Å². The average molecular weight is 379 g/mol. The van der Waals surface area contributed by atoms with Crippen LogP contribution in [0.3, 0.4) is 0 Å². The van der Waals surface area contributed by atoms with Crippen LogP contribution in [0.2, 0.25) is 5.02 Å². The summed E-state index contributed by atoms with van der Waals surface area (Å²) < 4.78 is 54.5. The molecule has 0 saturated heterocycles. The normalized spacial score (nSPS) is 13.6. The van der Waals surface area contributed by atoms with E-state index in [1.165, 1.54) is 12.1 Å². The maximum Gasteiger partial charge on any atom is 0.411 e. The van der Waals surface area contributed by atoms with Crippen molar-refractivity contribution in [2.24, 2.45) is 0 Å². The molecule has 0 spiro atoms. The lowest BCUT2D eigenvalue weighted by atomic mass is 10.0. The van der Waals surface area contributed by atoms with Crippen molar-refractivity contribution in [3.63, 3.8) is 0 Å². The van der Waals surface area contributed by atoms with Crippen molar-refractivity contribution < 1.29 is 22.3 Å². The third kappa shape index (κ3) is 5.55. The zero-order valence-corrected chi connectivity index (χ0v) is 12.9. The number of rotatable bonds is 6. The predicted molar refractivity (Wildman–Crippen MR) is 72.4 cm³/mol. The molecule has 1 aromatic carbocycles. The first kappa shape index (κ1) is 17.7. The maximum atomic E-state index is 13.8. The van der Waals surface area contributed by atoms with Gasteiger partial charge in [0.25, 0.3) is 0 Å². The van der Waals surface area contributed by atoms with E-state index >= 15 is 0 Å². The minimum absolute atomic E-state index is 0.141. The Bertz CT molecular complexity index is 456. The lowest BCUT2D eigenvalue weighted by Gasteiger charge is -2.18. The fraction of sp³-hybridized carbons (Fsp3) is 0.500. The van der Waals surface area contributed by atoms with Crippen molar-refractivity contribution >= 4 is 27.5 Å². The molecule has 0 saturated carbocycles. The number of ether oxygens (including phenoxy) is 1. The standard InChI is InChI=1S/C12H13BrClF4NO/c1-19-11(2-3-20-6-12(16,17)18)7-4-9(14)8(13)5-10(7)15/h4-5,11,19H,2-3,6H2,1H3. The highest BCUT2D eigenvalue weighted by molar-refractivity contribution is 9.10. The van der Waals surface area contributed by atoms with Gasteiger partial charge in [-0.1, -0.05) is 11.6 Å². The van der Waals surface area contributed by atoms with Crippen molar-refractivity contribution in [3.05, 3.63) is 33.0 Å². The second-order valence-electron chi connectivity index (χ2n) is 4.09. The molecule has 0 aromatic heterocycles. The number of nitrogens with one attached hydrogen (secondary N) is 1. The molecule has 114 valence electrons. The van der Waals surface area contributed by atoms with Gasteiger partial charge in [-0.05, 0) is 41.5 Å². The van der Waals surface area contributed by atoms with Crippen LogP contribution in [0.4, 0.5) is 17.6 Å². The summed E-state index contributed by atoms with van der Waals surface area (Å²) in [7, 11) is 1.59. The Labute approximate surface area is 127 Å². The summed E-state index contributed by atoms with van der Waals surface area (Å²) in [5.74, 6) is -0.489. The van der Waals surface area contributed by atoms with E-state index in [2.05, 4.69) is 26.0 Å². The maximum absolute atomic E-state index is 13.8. The second-order valence-corrected chi connectivity index (χ2v) is 5.35. The van der Waals surface area contributed by atoms with Gasteiger partial charge in [-0.2, -0.15) is 13.2 Å². The van der Waals surface area contributed by atoms with Crippen LogP contribution in [0, 0.1) is 5.82 Å². The van der Waals surface area contributed by atoms with Gasteiger partial charge in [0.1, 0.15) is 12.4 Å². The van der Waals surface area contributed by atoms with Crippen LogP contribution in [-0.4, -0.2) is 26.4 Å². The zero-order chi connectivity index (χ0) is 15.3. The first-order valence-corrected chi connectivity index (χ1v) is 6.88. The van der Waals surface area contributed by atoms with Crippen LogP contribution in [0.15, 0.2) is 16.6 Å². The van der Waals surface area contributed by atoms with Crippen LogP contribution in [-0.2, 0) is 4.74 Å². The van der Waals surface area contributed by atoms with E-state index in [-0.39, 0.29) is 18.6 Å². The van der Waals surface area contributed by atoms with E-state index in [0.29, 0.717) is 9.50 Å². The summed E-state index contributed by atoms with van der Waals surface area (Å²) >= 11 is 8.98. The molecule has 0 aliphatic heterocycles. The molecule has 1 rings (SSSR count). The smallest absolute Gasteiger partial charge is 0.372 e. The lowest BCUT2D eigenvalue weighted by Crippen LogP contribution is -2.22. The molecule has 0 amide bonds. The van der Waals surface area contributed by atoms with Crippen LogP contribution in [0.25, 0.3) is 0 Å². The van der Waals surface area contributed by atoms with Gasteiger partial charge < -0.3 is 10.1 Å². The number of benzene rings is 1. The largest absolute Gasteiger partial charge is 0.411 e. The quantitative estimate of drug-likeness (QED) is 0.448. The van der Waals surface area contributed by atoms with Gasteiger partial charge >= 0.3 is 6.18 Å². The van der Waals surface area contributed by atoms with Crippen LogP contribution < -0.4 is 5.32 Å². The molecule has 0 heterocycles. The molecule has 0 fully saturated rings. The van der Waals surface area contributed by atoms with Gasteiger partial charge in [0.05, 0.1) is 5.02 Å². The third-order valence-electron chi connectivity index (χ3n) is 2.58. The van der Waals surface area contributed by atoms with E-state index in [4.69, 9.17) is 11.6 Å². The molecular weight excluding hydrogens is 365 g/mol. The molecular formula is C12H13BrClF4NO. The summed E-state index contributed by atoms with van der Waals surface area (Å²) in [5.41, 5.74) is 0.288. The van der Waals surface area contributed by atoms with Gasteiger partial charge in [-0.3, -0.25) is 0 Å². The molecule has 1 aromatic rings. The molecule has 20 heavy (non-hydrogen) atoms. The molecule has 1 unspecified atom stereocenters. The fourth-order valence-electron chi connectivity index (χ4n) is 1.65. The van der Waals surface area contributed by atoms with Crippen LogP contribution in [0.1, 0.15) is 18.0 Å². The highest BCUT2D eigenvalue weighted by Crippen LogP contribution is 2.30. The monoisotopic (exact) mass is 377 g/mol. The number of hydrogen-bond donors (Lipinski definition) is 1. The minimum atomic E-state index is -4.36. The molecule has 2 nitrogen and oxygen atoms in total. The van der Waals surface area contributed by atoms with Gasteiger partial charge in [-0.25, -0.2) is 4.39 Å². The van der Waals surface area contributed by atoms with Gasteiger partial charge in [-0.15, -0.1) is 0 Å². The molecule has 0 aliphatic carbocycles. The van der Waals surface area contributed by atoms with E-state index in [1.807, 2.05) is 0 Å². The molecule has 1 N–H and O–H groups in total. The molecule has 0 bridgehead atoms. The number of halogens is 6. The van der Waals surface area contributed by atoms with Gasteiger partial charge in [0, 0.05) is 22.7 Å². The number of hydrogen-bond acceptors (Lipinski definition) is 2. The van der Waals surface area contributed by atoms with Gasteiger partial charge in [0.2, 0.25) is 0 Å². The first-order valence-electron chi connectivity index (χ1n) is 5.71. The highest BCUT2D eigenvalue weighted by atomic mass is 79.9. The zero-order valence-electron chi connectivity index (χ0n) is 10.5. The SMILES string of the molecule is CNC(CCOCC(F)(F)F)c1cc(Cl)c(Br)cc1F. The summed E-state index contributed by atoms with van der Waals surface area (Å²) in [6.45, 7) is -1.45. The summed E-state index contributed by atoms with van der Waals surface area (Å²) in [6, 6.07) is 2.18. The fourth-order valence-corrected chi connectivity index (χ4v) is 2.14. The second kappa shape index (κ2) is 7.59. The Morgan fingerprint density at radius 1 is 1.40 bits per heavy atom. The third-order valence-corrected chi connectivity index (χ3v) is 3.78. The minimum Gasteiger partial charge on any atom is -0.372 e. The summed E-state index contributed by atoms with van der Waals surface area (Å²) in [6.07, 6.45) is -4.16. The Morgan fingerprint density at radius 3 is 2.60 bits per heavy atom. The van der Waals surface area contributed by atoms with Crippen molar-refractivity contribution in [2.45, 2.75) is 18.6 Å². The average Bonchev–Trinajstić information content (AvgIpc) is 2.33. The van der Waals surface area contributed by atoms with E-state index in [0.717, 1.165) is 0 Å². The molecule has 8 heteroatoms. The van der Waals surface area contributed by atoms with E-state index in [1.54, 1.807) is 7.05 Å².